The first kappa shape index (κ1) is 17.0. The van der Waals surface area contributed by atoms with E-state index in [0.717, 1.165) is 17.8 Å². The lowest BCUT2D eigenvalue weighted by Gasteiger charge is -2.42. The molecular weight excluding hydrogens is 318 g/mol. The zero-order valence-electron chi connectivity index (χ0n) is 15.0. The van der Waals surface area contributed by atoms with Gasteiger partial charge >= 0.3 is 0 Å². The molecule has 0 aliphatic carbocycles. The molecule has 1 aliphatic rings. The van der Waals surface area contributed by atoms with Gasteiger partial charge in [-0.25, -0.2) is 0 Å². The van der Waals surface area contributed by atoms with Crippen LogP contribution in [0.5, 0.6) is 0 Å². The van der Waals surface area contributed by atoms with Gasteiger partial charge in [0.2, 0.25) is 11.8 Å². The number of fused-ring (bicyclic) bond motifs is 1. The summed E-state index contributed by atoms with van der Waals surface area (Å²) in [5.41, 5.74) is 2.14. The first-order valence-electron chi connectivity index (χ1n) is 8.34. The second-order valence-corrected chi connectivity index (χ2v) is 6.63. The monoisotopic (exact) mass is 341 g/mol. The van der Waals surface area contributed by atoms with Gasteiger partial charge in [-0.15, -0.1) is 0 Å². The minimum Gasteiger partial charge on any atom is -0.373 e. The average molecular weight is 341 g/mol. The van der Waals surface area contributed by atoms with Gasteiger partial charge in [-0.3, -0.25) is 19.2 Å². The summed E-state index contributed by atoms with van der Waals surface area (Å²) in [7, 11) is 1.85. The van der Waals surface area contributed by atoms with Gasteiger partial charge in [0, 0.05) is 13.2 Å². The van der Waals surface area contributed by atoms with E-state index < -0.39 is 5.54 Å². The summed E-state index contributed by atoms with van der Waals surface area (Å²) >= 11 is 0. The van der Waals surface area contributed by atoms with Gasteiger partial charge in [0.25, 0.3) is 0 Å². The lowest BCUT2D eigenvalue weighted by Crippen LogP contribution is -2.59. The predicted octanol–water partition coefficient (Wildman–Crippen LogP) is 2.16. The molecule has 2 heterocycles. The number of nitrogens with zero attached hydrogens (tertiary/aromatic N) is 3. The van der Waals surface area contributed by atoms with E-state index in [4.69, 9.17) is 0 Å². The van der Waals surface area contributed by atoms with Crippen LogP contribution in [0.3, 0.4) is 0 Å². The van der Waals surface area contributed by atoms with Crippen molar-refractivity contribution in [2.24, 2.45) is 7.05 Å². The highest BCUT2D eigenvalue weighted by Gasteiger charge is 2.43. The molecule has 1 aromatic carbocycles. The fourth-order valence-corrected chi connectivity index (χ4v) is 3.09. The highest BCUT2D eigenvalue weighted by atomic mass is 16.2. The molecule has 0 atom stereocenters. The van der Waals surface area contributed by atoms with Crippen LogP contribution in [0, 0.1) is 0 Å². The number of carbonyl (C=O) groups excluding carboxylic acids is 2. The molecule has 1 aliphatic heterocycles. The topological polar surface area (TPSA) is 79.3 Å². The number of aryl methyl sites for hydroxylation is 2. The summed E-state index contributed by atoms with van der Waals surface area (Å²) in [6.07, 6.45) is 2.63. The van der Waals surface area contributed by atoms with Crippen molar-refractivity contribution in [2.45, 2.75) is 32.7 Å². The van der Waals surface area contributed by atoms with Gasteiger partial charge in [0.1, 0.15) is 5.54 Å². The number of amides is 2. The summed E-state index contributed by atoms with van der Waals surface area (Å²) in [4.78, 5) is 27.0. The van der Waals surface area contributed by atoms with Gasteiger partial charge in [-0.05, 0) is 32.4 Å². The fourth-order valence-electron chi connectivity index (χ4n) is 3.09. The largest absolute Gasteiger partial charge is 0.373 e. The van der Waals surface area contributed by atoms with E-state index in [-0.39, 0.29) is 18.4 Å². The van der Waals surface area contributed by atoms with Crippen molar-refractivity contribution in [3.05, 3.63) is 36.2 Å². The van der Waals surface area contributed by atoms with Crippen molar-refractivity contribution >= 4 is 28.9 Å². The molecule has 2 amide bonds. The molecule has 3 rings (SSSR count). The number of aromatic nitrogens is 2. The Labute approximate surface area is 147 Å². The molecule has 132 valence electrons. The Hall–Kier alpha value is -2.83. The summed E-state index contributed by atoms with van der Waals surface area (Å²) in [5, 5.41) is 10.4. The molecule has 25 heavy (non-hydrogen) atoms. The number of hydrogen-bond donors (Lipinski definition) is 2. The Kier molecular flexibility index (Phi) is 4.24. The zero-order chi connectivity index (χ0) is 18.2. The molecule has 0 bridgehead atoms. The third kappa shape index (κ3) is 2.97. The van der Waals surface area contributed by atoms with Crippen molar-refractivity contribution in [1.82, 2.24) is 9.78 Å². The Balaban J connectivity index is 1.86. The zero-order valence-corrected chi connectivity index (χ0v) is 15.0. The normalized spacial score (nSPS) is 15.5. The van der Waals surface area contributed by atoms with Gasteiger partial charge in [0.15, 0.2) is 0 Å². The van der Waals surface area contributed by atoms with Crippen molar-refractivity contribution < 1.29 is 9.59 Å². The van der Waals surface area contributed by atoms with Crippen LogP contribution in [0.25, 0.3) is 0 Å². The first-order valence-corrected chi connectivity index (χ1v) is 8.34. The van der Waals surface area contributed by atoms with Crippen molar-refractivity contribution in [3.8, 4) is 0 Å². The molecule has 0 unspecified atom stereocenters. The van der Waals surface area contributed by atoms with Crippen LogP contribution >= 0.6 is 0 Å². The van der Waals surface area contributed by atoms with Crippen molar-refractivity contribution in [2.75, 3.05) is 22.1 Å². The van der Waals surface area contributed by atoms with Crippen LogP contribution in [0.1, 0.15) is 26.5 Å². The Morgan fingerprint density at radius 1 is 1.32 bits per heavy atom. The fraction of sp³-hybridized carbons (Fsp3) is 0.389. The van der Waals surface area contributed by atoms with E-state index in [1.807, 2.05) is 38.4 Å². The van der Waals surface area contributed by atoms with Crippen LogP contribution in [0.15, 0.2) is 30.5 Å². The summed E-state index contributed by atoms with van der Waals surface area (Å²) < 4.78 is 1.72. The molecule has 7 heteroatoms. The quantitative estimate of drug-likeness (QED) is 0.893. The molecule has 1 aromatic heterocycles. The predicted molar refractivity (Wildman–Crippen MR) is 97.7 cm³/mol. The number of hydrogen-bond acceptors (Lipinski definition) is 4. The molecule has 0 saturated carbocycles. The van der Waals surface area contributed by atoms with E-state index in [0.29, 0.717) is 11.4 Å². The third-order valence-corrected chi connectivity index (χ3v) is 4.43. The van der Waals surface area contributed by atoms with Crippen LogP contribution in [-0.4, -0.2) is 33.7 Å². The molecule has 7 nitrogen and oxygen atoms in total. The van der Waals surface area contributed by atoms with Crippen molar-refractivity contribution in [1.29, 1.82) is 0 Å². The minimum absolute atomic E-state index is 0.0870. The van der Waals surface area contributed by atoms with E-state index in [1.165, 1.54) is 0 Å². The lowest BCUT2D eigenvalue weighted by atomic mass is 9.96. The number of rotatable bonds is 4. The summed E-state index contributed by atoms with van der Waals surface area (Å²) in [5.74, 6) is -0.367. The number of anilines is 3. The Morgan fingerprint density at radius 2 is 2.04 bits per heavy atom. The van der Waals surface area contributed by atoms with Gasteiger partial charge in [-0.2, -0.15) is 5.10 Å². The second kappa shape index (κ2) is 6.23. The average Bonchev–Trinajstić information content (AvgIpc) is 2.93. The van der Waals surface area contributed by atoms with E-state index >= 15 is 0 Å². The van der Waals surface area contributed by atoms with E-state index in [2.05, 4.69) is 15.7 Å². The minimum atomic E-state index is -0.963. The maximum absolute atomic E-state index is 13.0. The number of benzene rings is 1. The number of para-hydroxylation sites is 2. The summed E-state index contributed by atoms with van der Waals surface area (Å²) in [6, 6.07) is 7.33. The highest BCUT2D eigenvalue weighted by Crippen LogP contribution is 2.36. The van der Waals surface area contributed by atoms with E-state index in [1.54, 1.807) is 29.5 Å². The smallest absolute Gasteiger partial charge is 0.250 e. The standard InChI is InChI=1S/C18H23N5O2/c1-5-12-14(11-22(4)21-12)19-10-16(24)23-15-9-7-6-8-13(15)20-17(25)18(23,2)3/h6-9,11,19H,5,10H2,1-4H3,(H,20,25). The Bertz CT molecular complexity index is 825. The van der Waals surface area contributed by atoms with Crippen LogP contribution in [0.2, 0.25) is 0 Å². The molecule has 0 fully saturated rings. The summed E-state index contributed by atoms with van der Waals surface area (Å²) in [6.45, 7) is 5.60. The second-order valence-electron chi connectivity index (χ2n) is 6.63. The number of carbonyl (C=O) groups is 2. The van der Waals surface area contributed by atoms with Gasteiger partial charge < -0.3 is 10.6 Å². The number of nitrogens with one attached hydrogen (secondary N) is 2. The third-order valence-electron chi connectivity index (χ3n) is 4.43. The van der Waals surface area contributed by atoms with Crippen LogP contribution in [0.4, 0.5) is 17.1 Å². The molecule has 2 N–H and O–H groups in total. The van der Waals surface area contributed by atoms with E-state index in [9.17, 15) is 9.59 Å². The molecule has 0 spiro atoms. The maximum atomic E-state index is 13.0. The van der Waals surface area contributed by atoms with Crippen molar-refractivity contribution in [3.63, 3.8) is 0 Å². The molecular formula is C18H23N5O2. The SMILES string of the molecule is CCc1nn(C)cc1NCC(=O)N1c2ccccc2NC(=O)C1(C)C. The van der Waals surface area contributed by atoms with Gasteiger partial charge in [0.05, 0.1) is 29.3 Å². The molecule has 0 radical (unpaired) electrons. The van der Waals surface area contributed by atoms with Gasteiger partial charge in [-0.1, -0.05) is 19.1 Å². The first-order chi connectivity index (χ1) is 11.8. The van der Waals surface area contributed by atoms with Crippen LogP contribution < -0.4 is 15.5 Å². The molecule has 2 aromatic rings. The van der Waals surface area contributed by atoms with Crippen LogP contribution in [-0.2, 0) is 23.1 Å². The molecule has 0 saturated heterocycles. The Morgan fingerprint density at radius 3 is 2.76 bits per heavy atom. The lowest BCUT2D eigenvalue weighted by molar-refractivity contribution is -0.125. The highest BCUT2D eigenvalue weighted by molar-refractivity contribution is 6.14. The maximum Gasteiger partial charge on any atom is 0.250 e.